The number of nitrogen functional groups attached to an aromatic ring is 1. The third-order valence-electron chi connectivity index (χ3n) is 3.96. The average Bonchev–Trinajstić information content (AvgIpc) is 3.04. The number of nitrogens with zero attached hydrogens (tertiary/aromatic N) is 3. The highest BCUT2D eigenvalue weighted by Gasteiger charge is 2.18. The molecule has 0 aliphatic heterocycles. The van der Waals surface area contributed by atoms with Crippen molar-refractivity contribution in [2.75, 3.05) is 5.73 Å². The fourth-order valence-electron chi connectivity index (χ4n) is 2.79. The smallest absolute Gasteiger partial charge is 0.222 e. The maximum atomic E-state index is 5.73. The Morgan fingerprint density at radius 2 is 1.48 bits per heavy atom. The van der Waals surface area contributed by atoms with E-state index in [2.05, 4.69) is 68.5 Å². The van der Waals surface area contributed by atoms with E-state index in [1.807, 2.05) is 19.1 Å². The van der Waals surface area contributed by atoms with Gasteiger partial charge >= 0.3 is 0 Å². The molecule has 0 spiro atoms. The number of nitrogens with two attached hydrogens (primary N) is 1. The molecule has 25 heavy (non-hydrogen) atoms. The molecule has 124 valence electrons. The molecule has 4 aromatic rings. The zero-order valence-electron chi connectivity index (χ0n) is 13.7. The second kappa shape index (κ2) is 6.57. The van der Waals surface area contributed by atoms with Gasteiger partial charge in [0.25, 0.3) is 0 Å². The molecule has 6 heteroatoms. The Balaban J connectivity index is 1.75. The van der Waals surface area contributed by atoms with Gasteiger partial charge in [0.1, 0.15) is 5.52 Å². The van der Waals surface area contributed by atoms with Crippen molar-refractivity contribution in [1.82, 2.24) is 19.9 Å². The van der Waals surface area contributed by atoms with Gasteiger partial charge in [-0.25, -0.2) is 9.97 Å². The van der Waals surface area contributed by atoms with Gasteiger partial charge in [-0.2, -0.15) is 4.98 Å². The summed E-state index contributed by atoms with van der Waals surface area (Å²) in [5, 5.41) is 0.935. The number of aryl methyl sites for hydroxylation is 1. The summed E-state index contributed by atoms with van der Waals surface area (Å²) in [6.07, 6.45) is 0. The van der Waals surface area contributed by atoms with Crippen LogP contribution in [0, 0.1) is 6.92 Å². The van der Waals surface area contributed by atoms with Crippen molar-refractivity contribution in [2.45, 2.75) is 17.3 Å². The second-order valence-electron chi connectivity index (χ2n) is 5.73. The Kier molecular flexibility index (Phi) is 4.11. The van der Waals surface area contributed by atoms with E-state index < -0.39 is 0 Å². The van der Waals surface area contributed by atoms with Crippen LogP contribution in [-0.2, 0) is 0 Å². The van der Waals surface area contributed by atoms with E-state index in [1.165, 1.54) is 11.1 Å². The number of thioether (sulfide) groups is 1. The number of benzene rings is 2. The maximum absolute atomic E-state index is 5.73. The fourth-order valence-corrected chi connectivity index (χ4v) is 3.90. The Morgan fingerprint density at radius 1 is 0.880 bits per heavy atom. The molecule has 0 atom stereocenters. The van der Waals surface area contributed by atoms with Crippen molar-refractivity contribution < 1.29 is 0 Å². The molecule has 2 heterocycles. The Morgan fingerprint density at radius 3 is 2.08 bits per heavy atom. The zero-order valence-corrected chi connectivity index (χ0v) is 14.5. The van der Waals surface area contributed by atoms with Crippen LogP contribution in [-0.4, -0.2) is 19.9 Å². The van der Waals surface area contributed by atoms with Crippen LogP contribution in [0.4, 0.5) is 5.95 Å². The van der Waals surface area contributed by atoms with Gasteiger partial charge in [0, 0.05) is 0 Å². The Labute approximate surface area is 149 Å². The summed E-state index contributed by atoms with van der Waals surface area (Å²) in [6, 6.07) is 20.8. The molecular formula is C19H17N5S. The molecule has 5 nitrogen and oxygen atoms in total. The summed E-state index contributed by atoms with van der Waals surface area (Å²) in [5.74, 6) is 0.246. The maximum Gasteiger partial charge on any atom is 0.222 e. The van der Waals surface area contributed by atoms with Crippen LogP contribution in [0.25, 0.3) is 11.2 Å². The predicted molar refractivity (Wildman–Crippen MR) is 101 cm³/mol. The van der Waals surface area contributed by atoms with Crippen LogP contribution in [0.2, 0.25) is 0 Å². The van der Waals surface area contributed by atoms with E-state index in [9.17, 15) is 0 Å². The molecule has 4 rings (SSSR count). The third kappa shape index (κ3) is 3.21. The first-order chi connectivity index (χ1) is 12.2. The van der Waals surface area contributed by atoms with Crippen molar-refractivity contribution >= 4 is 28.9 Å². The molecule has 0 bridgehead atoms. The zero-order chi connectivity index (χ0) is 17.2. The van der Waals surface area contributed by atoms with Crippen LogP contribution in [0.15, 0.2) is 65.8 Å². The minimum absolute atomic E-state index is 0.133. The van der Waals surface area contributed by atoms with Crippen molar-refractivity contribution in [3.05, 3.63) is 77.5 Å². The summed E-state index contributed by atoms with van der Waals surface area (Å²) >= 11 is 1.66. The first-order valence-electron chi connectivity index (χ1n) is 7.97. The number of hydrogen-bond acceptors (Lipinski definition) is 5. The first-order valence-corrected chi connectivity index (χ1v) is 8.85. The minimum Gasteiger partial charge on any atom is -0.368 e. The van der Waals surface area contributed by atoms with E-state index in [-0.39, 0.29) is 11.2 Å². The van der Waals surface area contributed by atoms with E-state index in [1.54, 1.807) is 11.8 Å². The van der Waals surface area contributed by atoms with Gasteiger partial charge in [-0.15, -0.1) is 0 Å². The molecule has 0 saturated heterocycles. The quantitative estimate of drug-likeness (QED) is 0.543. The predicted octanol–water partition coefficient (Wildman–Crippen LogP) is 4.13. The van der Waals surface area contributed by atoms with E-state index >= 15 is 0 Å². The number of rotatable bonds is 4. The summed E-state index contributed by atoms with van der Waals surface area (Å²) < 4.78 is 0. The first kappa shape index (κ1) is 15.7. The van der Waals surface area contributed by atoms with Crippen LogP contribution >= 0.6 is 11.8 Å². The number of aromatic nitrogens is 4. The largest absolute Gasteiger partial charge is 0.368 e. The molecule has 0 amide bonds. The lowest BCUT2D eigenvalue weighted by molar-refractivity contribution is 1.05. The summed E-state index contributed by atoms with van der Waals surface area (Å²) in [5.41, 5.74) is 10.4. The van der Waals surface area contributed by atoms with Crippen LogP contribution in [0.3, 0.4) is 0 Å². The number of imidazole rings is 1. The lowest BCUT2D eigenvalue weighted by Gasteiger charge is -2.16. The molecule has 0 fully saturated rings. The van der Waals surface area contributed by atoms with Gasteiger partial charge in [0.05, 0.1) is 10.9 Å². The molecular weight excluding hydrogens is 330 g/mol. The molecule has 3 N–H and O–H groups in total. The van der Waals surface area contributed by atoms with Crippen molar-refractivity contribution in [3.8, 4) is 0 Å². The van der Waals surface area contributed by atoms with Gasteiger partial charge < -0.3 is 10.7 Å². The molecule has 0 saturated carbocycles. The van der Waals surface area contributed by atoms with E-state index in [0.717, 1.165) is 16.4 Å². The standard InChI is InChI=1S/C19H17N5S/c1-12-15-17(23-18(20)21-12)24-19(22-15)25-16(13-8-4-2-5-9-13)14-10-6-3-7-11-14/h2-11,16H,1H3,(H3,20,21,22,23,24). The second-order valence-corrected chi connectivity index (χ2v) is 6.82. The third-order valence-corrected chi connectivity index (χ3v) is 5.16. The van der Waals surface area contributed by atoms with Gasteiger partial charge in [-0.1, -0.05) is 72.4 Å². The number of H-pyrrole nitrogens is 1. The molecule has 0 unspecified atom stereocenters. The topological polar surface area (TPSA) is 80.5 Å². The van der Waals surface area contributed by atoms with Gasteiger partial charge in [0.15, 0.2) is 10.8 Å². The molecule has 0 aliphatic rings. The molecule has 2 aromatic heterocycles. The lowest BCUT2D eigenvalue weighted by atomic mass is 10.0. The van der Waals surface area contributed by atoms with Crippen LogP contribution in [0.1, 0.15) is 22.1 Å². The Hall–Kier alpha value is -2.86. The lowest BCUT2D eigenvalue weighted by Crippen LogP contribution is -1.97. The van der Waals surface area contributed by atoms with E-state index in [0.29, 0.717) is 5.65 Å². The van der Waals surface area contributed by atoms with Crippen molar-refractivity contribution in [2.24, 2.45) is 0 Å². The number of nitrogens with one attached hydrogen (secondary N) is 1. The number of fused-ring (bicyclic) bond motifs is 1. The number of hydrogen-bond donors (Lipinski definition) is 2. The van der Waals surface area contributed by atoms with Gasteiger partial charge in [-0.05, 0) is 18.1 Å². The van der Waals surface area contributed by atoms with Gasteiger partial charge in [0.2, 0.25) is 5.95 Å². The summed E-state index contributed by atoms with van der Waals surface area (Å²) in [7, 11) is 0. The normalized spacial score (nSPS) is 11.3. The highest BCUT2D eigenvalue weighted by molar-refractivity contribution is 7.99. The number of anilines is 1. The summed E-state index contributed by atoms with van der Waals surface area (Å²) in [6.45, 7) is 1.90. The molecule has 0 aliphatic carbocycles. The van der Waals surface area contributed by atoms with Crippen molar-refractivity contribution in [3.63, 3.8) is 0 Å². The van der Waals surface area contributed by atoms with Crippen molar-refractivity contribution in [1.29, 1.82) is 0 Å². The number of aromatic amines is 1. The Bertz CT molecular complexity index is 959. The highest BCUT2D eigenvalue weighted by atomic mass is 32.2. The van der Waals surface area contributed by atoms with Crippen LogP contribution < -0.4 is 5.73 Å². The fraction of sp³-hybridized carbons (Fsp3) is 0.105. The monoisotopic (exact) mass is 347 g/mol. The minimum atomic E-state index is 0.133. The molecule has 2 aromatic carbocycles. The molecule has 0 radical (unpaired) electrons. The van der Waals surface area contributed by atoms with E-state index in [4.69, 9.17) is 5.73 Å². The summed E-state index contributed by atoms with van der Waals surface area (Å²) in [4.78, 5) is 16.4. The van der Waals surface area contributed by atoms with Crippen LogP contribution in [0.5, 0.6) is 0 Å². The average molecular weight is 347 g/mol. The highest BCUT2D eigenvalue weighted by Crippen LogP contribution is 2.39. The van der Waals surface area contributed by atoms with Gasteiger partial charge in [-0.3, -0.25) is 0 Å². The SMILES string of the molecule is Cc1nc(N)nc2nc(SC(c3ccccc3)c3ccccc3)[nH]c12.